The molecule has 1 aromatic carbocycles. The monoisotopic (exact) mass is 260 g/mol. The van der Waals surface area contributed by atoms with Crippen LogP contribution in [0.3, 0.4) is 0 Å². The first kappa shape index (κ1) is 12.6. The zero-order valence-electron chi connectivity index (χ0n) is 11.1. The molecule has 102 valence electrons. The summed E-state index contributed by atoms with van der Waals surface area (Å²) >= 11 is 0. The second-order valence-electron chi connectivity index (χ2n) is 5.51. The lowest BCUT2D eigenvalue weighted by Gasteiger charge is -2.30. The zero-order valence-corrected chi connectivity index (χ0v) is 11.1. The molecule has 1 amide bonds. The van der Waals surface area contributed by atoms with Crippen LogP contribution in [0.4, 0.5) is 0 Å². The van der Waals surface area contributed by atoms with Gasteiger partial charge in [-0.2, -0.15) is 0 Å². The van der Waals surface area contributed by atoms with Crippen LogP contribution in [0.5, 0.6) is 0 Å². The molecule has 1 aromatic rings. The Kier molecular flexibility index (Phi) is 3.53. The molecule has 0 saturated carbocycles. The summed E-state index contributed by atoms with van der Waals surface area (Å²) in [5.41, 5.74) is 2.63. The van der Waals surface area contributed by atoms with Crippen LogP contribution in [0, 0.1) is 0 Å². The van der Waals surface area contributed by atoms with Crippen molar-refractivity contribution < 1.29 is 9.90 Å². The molecular weight excluding hydrogens is 240 g/mol. The van der Waals surface area contributed by atoms with Gasteiger partial charge in [0.1, 0.15) is 0 Å². The summed E-state index contributed by atoms with van der Waals surface area (Å²) in [7, 11) is 0. The van der Waals surface area contributed by atoms with Crippen LogP contribution in [-0.2, 0) is 17.8 Å². The zero-order chi connectivity index (χ0) is 13.2. The Morgan fingerprint density at radius 3 is 2.79 bits per heavy atom. The second kappa shape index (κ2) is 5.31. The number of amides is 1. The quantitative estimate of drug-likeness (QED) is 0.848. The summed E-state index contributed by atoms with van der Waals surface area (Å²) < 4.78 is 0. The largest absolute Gasteiger partial charge is 0.392 e. The topological polar surface area (TPSA) is 43.8 Å². The molecule has 1 fully saturated rings. The maximum Gasteiger partial charge on any atom is 0.237 e. The van der Waals surface area contributed by atoms with E-state index in [1.807, 2.05) is 15.9 Å². The molecule has 1 saturated heterocycles. The fourth-order valence-electron chi connectivity index (χ4n) is 2.96. The first-order valence-corrected chi connectivity index (χ1v) is 6.97. The summed E-state index contributed by atoms with van der Waals surface area (Å²) in [5, 5.41) is 9.49. The molecule has 4 nitrogen and oxygen atoms in total. The SMILES string of the molecule is O=C(CN1CC[C@@H](O)C1)N1CCc2ccccc2C1. The number of carbonyl (C=O) groups excluding carboxylic acids is 1. The standard InChI is InChI=1S/C15H20N2O2/c18-14-6-7-16(10-14)11-15(19)17-8-5-12-3-1-2-4-13(12)9-17/h1-4,14,18H,5-11H2/t14-/m1/s1. The van der Waals surface area contributed by atoms with Crippen LogP contribution >= 0.6 is 0 Å². The van der Waals surface area contributed by atoms with Crippen molar-refractivity contribution in [3.05, 3.63) is 35.4 Å². The van der Waals surface area contributed by atoms with Crippen LogP contribution in [0.2, 0.25) is 0 Å². The maximum absolute atomic E-state index is 12.3. The van der Waals surface area contributed by atoms with Gasteiger partial charge in [0.25, 0.3) is 0 Å². The smallest absolute Gasteiger partial charge is 0.237 e. The number of nitrogens with zero attached hydrogens (tertiary/aromatic N) is 2. The van der Waals surface area contributed by atoms with E-state index in [4.69, 9.17) is 0 Å². The lowest BCUT2D eigenvalue weighted by molar-refractivity contribution is -0.133. The second-order valence-corrected chi connectivity index (χ2v) is 5.51. The van der Waals surface area contributed by atoms with Gasteiger partial charge in [-0.05, 0) is 24.0 Å². The molecular formula is C15H20N2O2. The normalized spacial score (nSPS) is 23.4. The maximum atomic E-state index is 12.3. The van der Waals surface area contributed by atoms with Crippen molar-refractivity contribution in [3.63, 3.8) is 0 Å². The van der Waals surface area contributed by atoms with Crippen LogP contribution in [0.25, 0.3) is 0 Å². The van der Waals surface area contributed by atoms with Crippen molar-refractivity contribution in [1.82, 2.24) is 9.80 Å². The molecule has 0 bridgehead atoms. The molecule has 0 unspecified atom stereocenters. The van der Waals surface area contributed by atoms with Crippen molar-refractivity contribution >= 4 is 5.91 Å². The third kappa shape index (κ3) is 2.80. The van der Waals surface area contributed by atoms with E-state index in [1.165, 1.54) is 11.1 Å². The van der Waals surface area contributed by atoms with Gasteiger partial charge in [-0.25, -0.2) is 0 Å². The van der Waals surface area contributed by atoms with E-state index >= 15 is 0 Å². The van der Waals surface area contributed by atoms with Gasteiger partial charge in [-0.1, -0.05) is 24.3 Å². The predicted molar refractivity (Wildman–Crippen MR) is 72.6 cm³/mol. The number of carbonyl (C=O) groups is 1. The molecule has 0 aliphatic carbocycles. The fraction of sp³-hybridized carbons (Fsp3) is 0.533. The highest BCUT2D eigenvalue weighted by atomic mass is 16.3. The Hall–Kier alpha value is -1.39. The Bertz CT molecular complexity index is 475. The van der Waals surface area contributed by atoms with Crippen LogP contribution < -0.4 is 0 Å². The first-order chi connectivity index (χ1) is 9.22. The number of rotatable bonds is 2. The summed E-state index contributed by atoms with van der Waals surface area (Å²) in [5.74, 6) is 0.184. The highest BCUT2D eigenvalue weighted by Gasteiger charge is 2.26. The molecule has 2 aliphatic heterocycles. The molecule has 0 spiro atoms. The molecule has 2 heterocycles. The fourth-order valence-corrected chi connectivity index (χ4v) is 2.96. The molecule has 19 heavy (non-hydrogen) atoms. The van der Waals surface area contributed by atoms with Gasteiger partial charge in [0, 0.05) is 26.2 Å². The minimum absolute atomic E-state index is 0.184. The Morgan fingerprint density at radius 1 is 1.26 bits per heavy atom. The van der Waals surface area contributed by atoms with Crippen LogP contribution in [0.1, 0.15) is 17.5 Å². The van der Waals surface area contributed by atoms with Gasteiger partial charge in [-0.3, -0.25) is 9.69 Å². The number of hydrogen-bond acceptors (Lipinski definition) is 3. The Morgan fingerprint density at radius 2 is 2.05 bits per heavy atom. The first-order valence-electron chi connectivity index (χ1n) is 6.97. The van der Waals surface area contributed by atoms with E-state index in [0.29, 0.717) is 13.1 Å². The molecule has 3 rings (SSSR count). The van der Waals surface area contributed by atoms with E-state index in [-0.39, 0.29) is 12.0 Å². The summed E-state index contributed by atoms with van der Waals surface area (Å²) in [6.07, 6.45) is 1.48. The Labute approximate surface area is 113 Å². The highest BCUT2D eigenvalue weighted by molar-refractivity contribution is 5.78. The summed E-state index contributed by atoms with van der Waals surface area (Å²) in [4.78, 5) is 16.3. The number of aliphatic hydroxyl groups is 1. The van der Waals surface area contributed by atoms with Crippen LogP contribution in [-0.4, -0.2) is 53.1 Å². The van der Waals surface area contributed by atoms with Gasteiger partial charge >= 0.3 is 0 Å². The average molecular weight is 260 g/mol. The third-order valence-corrected chi connectivity index (χ3v) is 4.09. The third-order valence-electron chi connectivity index (χ3n) is 4.09. The molecule has 1 N–H and O–H groups in total. The minimum Gasteiger partial charge on any atom is -0.392 e. The minimum atomic E-state index is -0.255. The molecule has 0 radical (unpaired) electrons. The lowest BCUT2D eigenvalue weighted by Crippen LogP contribution is -2.42. The predicted octanol–water partition coefficient (Wildman–Crippen LogP) is 0.638. The molecule has 0 aromatic heterocycles. The molecule has 4 heteroatoms. The van der Waals surface area contributed by atoms with Gasteiger partial charge in [-0.15, -0.1) is 0 Å². The number of aliphatic hydroxyl groups excluding tert-OH is 1. The lowest BCUT2D eigenvalue weighted by atomic mass is 10.00. The van der Waals surface area contributed by atoms with Gasteiger partial charge in [0.15, 0.2) is 0 Å². The van der Waals surface area contributed by atoms with Gasteiger partial charge in [0.05, 0.1) is 12.6 Å². The van der Waals surface area contributed by atoms with E-state index in [1.54, 1.807) is 0 Å². The number of β-amino-alcohol motifs (C(OH)–C–C–N with tert-alkyl or cyclic N) is 1. The molecule has 1 atom stereocenters. The number of likely N-dealkylation sites (tertiary alicyclic amines) is 1. The Balaban J connectivity index is 1.60. The number of hydrogen-bond donors (Lipinski definition) is 1. The van der Waals surface area contributed by atoms with Crippen molar-refractivity contribution in [2.75, 3.05) is 26.2 Å². The van der Waals surface area contributed by atoms with E-state index < -0.39 is 0 Å². The van der Waals surface area contributed by atoms with Gasteiger partial charge < -0.3 is 10.0 Å². The van der Waals surface area contributed by atoms with E-state index in [0.717, 1.165) is 32.5 Å². The average Bonchev–Trinajstić information content (AvgIpc) is 2.83. The van der Waals surface area contributed by atoms with E-state index in [2.05, 4.69) is 18.2 Å². The van der Waals surface area contributed by atoms with Crippen molar-refractivity contribution in [3.8, 4) is 0 Å². The number of benzene rings is 1. The van der Waals surface area contributed by atoms with Crippen molar-refractivity contribution in [2.24, 2.45) is 0 Å². The van der Waals surface area contributed by atoms with Crippen molar-refractivity contribution in [2.45, 2.75) is 25.5 Å². The highest BCUT2D eigenvalue weighted by Crippen LogP contribution is 2.19. The number of fused-ring (bicyclic) bond motifs is 1. The van der Waals surface area contributed by atoms with E-state index in [9.17, 15) is 9.90 Å². The summed E-state index contributed by atoms with van der Waals surface area (Å²) in [6.45, 7) is 3.45. The summed E-state index contributed by atoms with van der Waals surface area (Å²) in [6, 6.07) is 8.34. The van der Waals surface area contributed by atoms with Crippen LogP contribution in [0.15, 0.2) is 24.3 Å². The van der Waals surface area contributed by atoms with Gasteiger partial charge in [0.2, 0.25) is 5.91 Å². The van der Waals surface area contributed by atoms with Crippen molar-refractivity contribution in [1.29, 1.82) is 0 Å². The molecule has 2 aliphatic rings.